The molecule has 35 heavy (non-hydrogen) atoms. The van der Waals surface area contributed by atoms with Crippen molar-refractivity contribution >= 4 is 29.3 Å². The molecule has 3 heterocycles. The minimum atomic E-state index is -0.962. The van der Waals surface area contributed by atoms with Gasteiger partial charge in [0.15, 0.2) is 0 Å². The summed E-state index contributed by atoms with van der Waals surface area (Å²) in [5.74, 6) is -1.35. The third-order valence-corrected chi connectivity index (χ3v) is 6.27. The van der Waals surface area contributed by atoms with Crippen molar-refractivity contribution < 1.29 is 19.2 Å². The number of hydrogen-bond donors (Lipinski definition) is 2. The number of piperazine rings is 1. The zero-order valence-electron chi connectivity index (χ0n) is 19.8. The fourth-order valence-corrected chi connectivity index (χ4v) is 4.27. The molecule has 184 valence electrons. The first-order valence-corrected chi connectivity index (χ1v) is 11.6. The third kappa shape index (κ3) is 5.39. The molecule has 0 spiro atoms. The van der Waals surface area contributed by atoms with Crippen molar-refractivity contribution in [1.29, 1.82) is 0 Å². The van der Waals surface area contributed by atoms with E-state index >= 15 is 0 Å². The molecule has 4 amide bonds. The van der Waals surface area contributed by atoms with Gasteiger partial charge in [-0.1, -0.05) is 0 Å². The number of nitrogens with zero attached hydrogens (tertiary/aromatic N) is 5. The average Bonchev–Trinajstić information content (AvgIpc) is 2.89. The largest absolute Gasteiger partial charge is 0.378 e. The quantitative estimate of drug-likeness (QED) is 0.613. The summed E-state index contributed by atoms with van der Waals surface area (Å²) >= 11 is 0. The molecule has 11 heteroatoms. The van der Waals surface area contributed by atoms with E-state index < -0.39 is 23.9 Å². The van der Waals surface area contributed by atoms with Crippen LogP contribution in [0.3, 0.4) is 0 Å². The zero-order chi connectivity index (χ0) is 24.9. The SMILES string of the molecule is CN(C)c1ccc(C(=O)N2CCN(C(=O)c3cncnc3)[C@@H](C(=O)N[C@H]3CCCNC3=O)C2)cc1. The fourth-order valence-electron chi connectivity index (χ4n) is 4.27. The maximum atomic E-state index is 13.3. The van der Waals surface area contributed by atoms with E-state index in [1.807, 2.05) is 31.1 Å². The number of anilines is 1. The van der Waals surface area contributed by atoms with E-state index in [9.17, 15) is 19.2 Å². The Morgan fingerprint density at radius 2 is 1.74 bits per heavy atom. The van der Waals surface area contributed by atoms with Crippen LogP contribution in [-0.4, -0.2) is 95.8 Å². The van der Waals surface area contributed by atoms with Gasteiger partial charge < -0.3 is 25.3 Å². The number of amides is 4. The van der Waals surface area contributed by atoms with Crippen LogP contribution in [0.15, 0.2) is 43.0 Å². The lowest BCUT2D eigenvalue weighted by Gasteiger charge is -2.41. The molecule has 2 fully saturated rings. The molecule has 0 aliphatic carbocycles. The van der Waals surface area contributed by atoms with Crippen molar-refractivity contribution in [2.24, 2.45) is 0 Å². The van der Waals surface area contributed by atoms with Crippen LogP contribution in [0, 0.1) is 0 Å². The summed E-state index contributed by atoms with van der Waals surface area (Å²) < 4.78 is 0. The summed E-state index contributed by atoms with van der Waals surface area (Å²) in [6.45, 7) is 1.00. The lowest BCUT2D eigenvalue weighted by atomic mass is 10.0. The number of aromatic nitrogens is 2. The number of piperidine rings is 1. The highest BCUT2D eigenvalue weighted by molar-refractivity contribution is 6.00. The summed E-state index contributed by atoms with van der Waals surface area (Å²) in [5, 5.41) is 5.52. The number of carbonyl (C=O) groups is 4. The van der Waals surface area contributed by atoms with E-state index in [4.69, 9.17) is 0 Å². The highest BCUT2D eigenvalue weighted by Crippen LogP contribution is 2.19. The third-order valence-electron chi connectivity index (χ3n) is 6.27. The van der Waals surface area contributed by atoms with E-state index in [0.29, 0.717) is 18.5 Å². The van der Waals surface area contributed by atoms with Crippen LogP contribution in [0.2, 0.25) is 0 Å². The Balaban J connectivity index is 1.55. The molecular weight excluding hydrogens is 450 g/mol. The van der Waals surface area contributed by atoms with E-state index in [1.54, 1.807) is 17.0 Å². The molecule has 4 rings (SSSR count). The van der Waals surface area contributed by atoms with Gasteiger partial charge in [-0.3, -0.25) is 19.2 Å². The molecular formula is C24H29N7O4. The van der Waals surface area contributed by atoms with Crippen molar-refractivity contribution in [3.8, 4) is 0 Å². The smallest absolute Gasteiger partial charge is 0.257 e. The predicted octanol–water partition coefficient (Wildman–Crippen LogP) is -0.0958. The van der Waals surface area contributed by atoms with Crippen LogP contribution in [0.25, 0.3) is 0 Å². The highest BCUT2D eigenvalue weighted by atomic mass is 16.2. The Labute approximate surface area is 203 Å². The fraction of sp³-hybridized carbons (Fsp3) is 0.417. The summed E-state index contributed by atoms with van der Waals surface area (Å²) in [6.07, 6.45) is 5.37. The lowest BCUT2D eigenvalue weighted by molar-refractivity contribution is -0.133. The number of nitrogens with one attached hydrogen (secondary N) is 2. The summed E-state index contributed by atoms with van der Waals surface area (Å²) in [4.78, 5) is 64.7. The van der Waals surface area contributed by atoms with Gasteiger partial charge in [-0.15, -0.1) is 0 Å². The van der Waals surface area contributed by atoms with Crippen molar-refractivity contribution in [3.63, 3.8) is 0 Å². The number of rotatable bonds is 5. The van der Waals surface area contributed by atoms with Crippen LogP contribution in [0.5, 0.6) is 0 Å². The van der Waals surface area contributed by atoms with Crippen LogP contribution in [0.1, 0.15) is 33.6 Å². The van der Waals surface area contributed by atoms with Gasteiger partial charge in [0, 0.05) is 57.4 Å². The standard InChI is InChI=1S/C24H29N7O4/c1-29(2)18-7-5-16(6-8-18)23(34)30-10-11-31(24(35)17-12-25-15-26-13-17)20(14-30)22(33)28-19-4-3-9-27-21(19)32/h5-8,12-13,15,19-20H,3-4,9-11,14H2,1-2H3,(H,27,32)(H,28,33)/t19-,20+/m0/s1. The monoisotopic (exact) mass is 479 g/mol. The molecule has 2 atom stereocenters. The van der Waals surface area contributed by atoms with Gasteiger partial charge in [0.2, 0.25) is 11.8 Å². The highest BCUT2D eigenvalue weighted by Gasteiger charge is 2.39. The van der Waals surface area contributed by atoms with Crippen LogP contribution < -0.4 is 15.5 Å². The first-order valence-electron chi connectivity index (χ1n) is 11.6. The van der Waals surface area contributed by atoms with Gasteiger partial charge in [-0.05, 0) is 37.1 Å². The van der Waals surface area contributed by atoms with E-state index in [-0.39, 0.29) is 37.0 Å². The maximum Gasteiger partial charge on any atom is 0.257 e. The molecule has 2 aliphatic rings. The second-order valence-electron chi connectivity index (χ2n) is 8.83. The molecule has 0 bridgehead atoms. The van der Waals surface area contributed by atoms with E-state index in [1.165, 1.54) is 23.6 Å². The normalized spacial score (nSPS) is 20.1. The van der Waals surface area contributed by atoms with Crippen molar-refractivity contribution in [2.45, 2.75) is 24.9 Å². The molecule has 11 nitrogen and oxygen atoms in total. The summed E-state index contributed by atoms with van der Waals surface area (Å²) in [7, 11) is 3.83. The lowest BCUT2D eigenvalue weighted by Crippen LogP contribution is -2.63. The molecule has 2 aromatic rings. The van der Waals surface area contributed by atoms with Crippen molar-refractivity contribution in [1.82, 2.24) is 30.4 Å². The topological polar surface area (TPSA) is 128 Å². The van der Waals surface area contributed by atoms with Crippen molar-refractivity contribution in [3.05, 3.63) is 54.1 Å². The maximum absolute atomic E-state index is 13.3. The van der Waals surface area contributed by atoms with Crippen LogP contribution in [-0.2, 0) is 9.59 Å². The van der Waals surface area contributed by atoms with Gasteiger partial charge in [-0.25, -0.2) is 9.97 Å². The van der Waals surface area contributed by atoms with Crippen LogP contribution >= 0.6 is 0 Å². The minimum absolute atomic E-state index is 0.00781. The predicted molar refractivity (Wildman–Crippen MR) is 128 cm³/mol. The van der Waals surface area contributed by atoms with Gasteiger partial charge in [-0.2, -0.15) is 0 Å². The van der Waals surface area contributed by atoms with Gasteiger partial charge >= 0.3 is 0 Å². The summed E-state index contributed by atoms with van der Waals surface area (Å²) in [6, 6.07) is 5.58. The average molecular weight is 480 g/mol. The Morgan fingerprint density at radius 1 is 1.03 bits per heavy atom. The number of benzene rings is 1. The first-order chi connectivity index (χ1) is 16.8. The number of hydrogen-bond acceptors (Lipinski definition) is 7. The molecule has 2 aliphatic heterocycles. The Bertz CT molecular complexity index is 1090. The first kappa shape index (κ1) is 24.1. The van der Waals surface area contributed by atoms with Crippen LogP contribution in [0.4, 0.5) is 5.69 Å². The van der Waals surface area contributed by atoms with Gasteiger partial charge in [0.05, 0.1) is 12.1 Å². The Hall–Kier alpha value is -4.02. The molecule has 2 saturated heterocycles. The molecule has 0 saturated carbocycles. The van der Waals surface area contributed by atoms with Gasteiger partial charge in [0.1, 0.15) is 18.4 Å². The minimum Gasteiger partial charge on any atom is -0.378 e. The van der Waals surface area contributed by atoms with E-state index in [0.717, 1.165) is 12.1 Å². The van der Waals surface area contributed by atoms with Gasteiger partial charge in [0.25, 0.3) is 11.8 Å². The number of carbonyl (C=O) groups excluding carboxylic acids is 4. The Morgan fingerprint density at radius 3 is 2.40 bits per heavy atom. The molecule has 0 radical (unpaired) electrons. The zero-order valence-corrected chi connectivity index (χ0v) is 19.8. The Kier molecular flexibility index (Phi) is 7.23. The second kappa shape index (κ2) is 10.5. The molecule has 1 aromatic carbocycles. The van der Waals surface area contributed by atoms with E-state index in [2.05, 4.69) is 20.6 Å². The second-order valence-corrected chi connectivity index (χ2v) is 8.83. The van der Waals surface area contributed by atoms with Crippen molar-refractivity contribution in [2.75, 3.05) is 45.2 Å². The molecule has 1 aromatic heterocycles. The molecule has 2 N–H and O–H groups in total. The summed E-state index contributed by atoms with van der Waals surface area (Å²) in [5.41, 5.74) is 1.71. The molecule has 0 unspecified atom stereocenters.